The lowest BCUT2D eigenvalue weighted by Gasteiger charge is -2.12. The van der Waals surface area contributed by atoms with Gasteiger partial charge in [-0.25, -0.2) is 5.43 Å². The second-order valence-corrected chi connectivity index (χ2v) is 4.26. The highest BCUT2D eigenvalue weighted by Gasteiger charge is 2.27. The number of hydrazine groups is 1. The van der Waals surface area contributed by atoms with E-state index in [1.54, 1.807) is 0 Å². The van der Waals surface area contributed by atoms with Crippen molar-refractivity contribution in [3.8, 4) is 0 Å². The molecule has 17 heavy (non-hydrogen) atoms. The summed E-state index contributed by atoms with van der Waals surface area (Å²) in [6.07, 6.45) is 0.177. The highest BCUT2D eigenvalue weighted by Crippen LogP contribution is 2.16. The normalized spacial score (nSPS) is 18.9. The third-order valence-corrected chi connectivity index (χ3v) is 2.73. The van der Waals surface area contributed by atoms with Crippen molar-refractivity contribution in [3.63, 3.8) is 0 Å². The third-order valence-electron chi connectivity index (χ3n) is 2.73. The maximum Gasteiger partial charge on any atom is 0.243 e. The fraction of sp³-hybridized carbons (Fsp3) is 0.333. The first-order valence-electron chi connectivity index (χ1n) is 5.49. The molecule has 1 saturated heterocycles. The molecule has 1 aromatic carbocycles. The Balaban J connectivity index is 2.05. The quantitative estimate of drug-likeness (QED) is 0.702. The van der Waals surface area contributed by atoms with Crippen molar-refractivity contribution >= 4 is 17.5 Å². The number of carbonyl (C=O) groups excluding carboxylic acids is 2. The van der Waals surface area contributed by atoms with Crippen LogP contribution in [-0.2, 0) is 9.59 Å². The van der Waals surface area contributed by atoms with Gasteiger partial charge in [0.1, 0.15) is 6.04 Å². The number of amides is 2. The van der Waals surface area contributed by atoms with E-state index in [2.05, 4.69) is 16.2 Å². The van der Waals surface area contributed by atoms with E-state index in [0.717, 1.165) is 16.8 Å². The topological polar surface area (TPSA) is 70.2 Å². The smallest absolute Gasteiger partial charge is 0.243 e. The minimum absolute atomic E-state index is 0.161. The van der Waals surface area contributed by atoms with Crippen LogP contribution in [0.25, 0.3) is 0 Å². The highest BCUT2D eigenvalue weighted by molar-refractivity contribution is 5.99. The predicted molar refractivity (Wildman–Crippen MR) is 64.2 cm³/mol. The first-order valence-corrected chi connectivity index (χ1v) is 5.49. The summed E-state index contributed by atoms with van der Waals surface area (Å²) in [5.41, 5.74) is 7.99. The molecular weight excluding hydrogens is 218 g/mol. The summed E-state index contributed by atoms with van der Waals surface area (Å²) >= 11 is 0. The van der Waals surface area contributed by atoms with Crippen LogP contribution in [0.1, 0.15) is 17.5 Å². The molecule has 2 rings (SSSR count). The van der Waals surface area contributed by atoms with Crippen LogP contribution in [0.5, 0.6) is 0 Å². The van der Waals surface area contributed by atoms with Gasteiger partial charge in [0.2, 0.25) is 11.8 Å². The average molecular weight is 233 g/mol. The molecule has 3 N–H and O–H groups in total. The molecule has 0 spiro atoms. The van der Waals surface area contributed by atoms with E-state index in [-0.39, 0.29) is 18.2 Å². The number of rotatable bonds is 2. The summed E-state index contributed by atoms with van der Waals surface area (Å²) in [4.78, 5) is 22.8. The monoisotopic (exact) mass is 233 g/mol. The van der Waals surface area contributed by atoms with E-state index in [4.69, 9.17) is 0 Å². The van der Waals surface area contributed by atoms with Crippen LogP contribution in [-0.4, -0.2) is 17.9 Å². The van der Waals surface area contributed by atoms with Crippen molar-refractivity contribution in [2.45, 2.75) is 26.3 Å². The summed E-state index contributed by atoms with van der Waals surface area (Å²) in [5.74, 6) is -0.360. The molecule has 0 aromatic heterocycles. The Bertz CT molecular complexity index is 471. The molecule has 5 heteroatoms. The van der Waals surface area contributed by atoms with Crippen LogP contribution < -0.4 is 16.2 Å². The molecule has 0 radical (unpaired) electrons. The van der Waals surface area contributed by atoms with Gasteiger partial charge in [-0.1, -0.05) is 17.7 Å². The van der Waals surface area contributed by atoms with Crippen LogP contribution in [0.2, 0.25) is 0 Å². The maximum absolute atomic E-state index is 11.8. The fourth-order valence-electron chi connectivity index (χ4n) is 1.79. The van der Waals surface area contributed by atoms with Crippen molar-refractivity contribution in [3.05, 3.63) is 29.3 Å². The van der Waals surface area contributed by atoms with Crippen LogP contribution in [0, 0.1) is 13.8 Å². The van der Waals surface area contributed by atoms with Crippen molar-refractivity contribution in [1.82, 2.24) is 10.9 Å². The minimum Gasteiger partial charge on any atom is -0.324 e. The lowest BCUT2D eigenvalue weighted by molar-refractivity contribution is -0.121. The standard InChI is InChI=1S/C12H15N3O2/c1-7-3-4-9(8(2)5-7)13-12(17)10-6-11(16)15-14-10/h3-5,10,14H,6H2,1-2H3,(H,13,17)(H,15,16). The second-order valence-electron chi connectivity index (χ2n) is 4.26. The van der Waals surface area contributed by atoms with Gasteiger partial charge in [-0.05, 0) is 25.5 Å². The molecule has 1 heterocycles. The maximum atomic E-state index is 11.8. The summed E-state index contributed by atoms with van der Waals surface area (Å²) in [5, 5.41) is 2.81. The van der Waals surface area contributed by atoms with E-state index in [1.807, 2.05) is 32.0 Å². The Kier molecular flexibility index (Phi) is 3.10. The summed E-state index contributed by atoms with van der Waals surface area (Å²) < 4.78 is 0. The van der Waals surface area contributed by atoms with Crippen molar-refractivity contribution < 1.29 is 9.59 Å². The van der Waals surface area contributed by atoms with E-state index >= 15 is 0 Å². The van der Waals surface area contributed by atoms with E-state index in [9.17, 15) is 9.59 Å². The largest absolute Gasteiger partial charge is 0.324 e. The summed E-state index contributed by atoms with van der Waals surface area (Å²) in [6.45, 7) is 3.94. The molecule has 1 aromatic rings. The van der Waals surface area contributed by atoms with Gasteiger partial charge in [-0.3, -0.25) is 15.0 Å². The summed E-state index contributed by atoms with van der Waals surface area (Å²) in [6, 6.07) is 5.31. The summed E-state index contributed by atoms with van der Waals surface area (Å²) in [7, 11) is 0. The first-order chi connectivity index (χ1) is 8.06. The zero-order chi connectivity index (χ0) is 12.4. The van der Waals surface area contributed by atoms with E-state index < -0.39 is 6.04 Å². The number of hydrogen-bond acceptors (Lipinski definition) is 3. The predicted octanol–water partition coefficient (Wildman–Crippen LogP) is 0.635. The number of benzene rings is 1. The van der Waals surface area contributed by atoms with Crippen LogP contribution in [0.4, 0.5) is 5.69 Å². The van der Waals surface area contributed by atoms with Gasteiger partial charge in [-0.2, -0.15) is 0 Å². The molecule has 1 fully saturated rings. The zero-order valence-corrected chi connectivity index (χ0v) is 9.83. The molecule has 0 aliphatic carbocycles. The van der Waals surface area contributed by atoms with E-state index in [1.165, 1.54) is 0 Å². The molecule has 5 nitrogen and oxygen atoms in total. The molecule has 1 unspecified atom stereocenters. The number of nitrogens with one attached hydrogen (secondary N) is 3. The zero-order valence-electron chi connectivity index (χ0n) is 9.83. The Hall–Kier alpha value is -1.88. The van der Waals surface area contributed by atoms with Gasteiger partial charge in [0.15, 0.2) is 0 Å². The lowest BCUT2D eigenvalue weighted by atomic mass is 10.1. The second kappa shape index (κ2) is 4.55. The Morgan fingerprint density at radius 2 is 2.18 bits per heavy atom. The number of aryl methyl sites for hydroxylation is 2. The lowest BCUT2D eigenvalue weighted by Crippen LogP contribution is -2.39. The average Bonchev–Trinajstić information content (AvgIpc) is 2.69. The highest BCUT2D eigenvalue weighted by atomic mass is 16.2. The van der Waals surface area contributed by atoms with Crippen molar-refractivity contribution in [1.29, 1.82) is 0 Å². The Labute approximate surface area is 99.6 Å². The fourth-order valence-corrected chi connectivity index (χ4v) is 1.79. The third kappa shape index (κ3) is 2.62. The Morgan fingerprint density at radius 3 is 2.76 bits per heavy atom. The van der Waals surface area contributed by atoms with Gasteiger partial charge < -0.3 is 5.32 Å². The Morgan fingerprint density at radius 1 is 1.41 bits per heavy atom. The molecular formula is C12H15N3O2. The molecule has 2 amide bonds. The number of carbonyl (C=O) groups is 2. The van der Waals surface area contributed by atoms with Crippen molar-refractivity contribution in [2.75, 3.05) is 5.32 Å². The molecule has 1 aliphatic heterocycles. The SMILES string of the molecule is Cc1ccc(NC(=O)C2CC(=O)NN2)c(C)c1. The molecule has 90 valence electrons. The number of hydrogen-bond donors (Lipinski definition) is 3. The molecule has 0 bridgehead atoms. The number of anilines is 1. The van der Waals surface area contributed by atoms with Gasteiger partial charge in [-0.15, -0.1) is 0 Å². The van der Waals surface area contributed by atoms with Crippen molar-refractivity contribution in [2.24, 2.45) is 0 Å². The van der Waals surface area contributed by atoms with Gasteiger partial charge in [0, 0.05) is 5.69 Å². The van der Waals surface area contributed by atoms with Crippen LogP contribution >= 0.6 is 0 Å². The van der Waals surface area contributed by atoms with Gasteiger partial charge >= 0.3 is 0 Å². The molecule has 0 saturated carbocycles. The van der Waals surface area contributed by atoms with Gasteiger partial charge in [0.05, 0.1) is 6.42 Å². The van der Waals surface area contributed by atoms with Crippen LogP contribution in [0.15, 0.2) is 18.2 Å². The van der Waals surface area contributed by atoms with E-state index in [0.29, 0.717) is 0 Å². The van der Waals surface area contributed by atoms with Crippen LogP contribution in [0.3, 0.4) is 0 Å². The first kappa shape index (κ1) is 11.6. The minimum atomic E-state index is -0.497. The molecule has 1 aliphatic rings. The van der Waals surface area contributed by atoms with Gasteiger partial charge in [0.25, 0.3) is 0 Å². The molecule has 1 atom stereocenters.